The molecule has 2 aromatic carbocycles. The summed E-state index contributed by atoms with van der Waals surface area (Å²) in [7, 11) is 0. The Labute approximate surface area is 139 Å². The Morgan fingerprint density at radius 1 is 1.04 bits per heavy atom. The Hall–Kier alpha value is -3.01. The molecule has 0 aliphatic carbocycles. The van der Waals surface area contributed by atoms with Gasteiger partial charge < -0.3 is 4.74 Å². The number of esters is 1. The Morgan fingerprint density at radius 3 is 2.46 bits per heavy atom. The van der Waals surface area contributed by atoms with Crippen LogP contribution in [0.5, 0.6) is 0 Å². The minimum Gasteiger partial charge on any atom is -0.447 e. The van der Waals surface area contributed by atoms with E-state index in [9.17, 15) is 9.18 Å². The van der Waals surface area contributed by atoms with E-state index in [4.69, 9.17) is 4.74 Å². The van der Waals surface area contributed by atoms with Gasteiger partial charge in [-0.2, -0.15) is 0 Å². The van der Waals surface area contributed by atoms with Crippen LogP contribution in [0.1, 0.15) is 33.3 Å². The Balaban J connectivity index is 1.92. The first-order chi connectivity index (χ1) is 11.6. The van der Waals surface area contributed by atoms with E-state index in [0.29, 0.717) is 16.8 Å². The second-order valence-corrected chi connectivity index (χ2v) is 5.41. The highest BCUT2D eigenvalue weighted by atomic mass is 19.1. The topological polar surface area (TPSA) is 39.2 Å². The van der Waals surface area contributed by atoms with Crippen LogP contribution in [0.25, 0.3) is 0 Å². The van der Waals surface area contributed by atoms with Crippen molar-refractivity contribution in [1.82, 2.24) is 4.98 Å². The molecule has 24 heavy (non-hydrogen) atoms. The fourth-order valence-electron chi connectivity index (χ4n) is 2.40. The maximum Gasteiger partial charge on any atom is 0.339 e. The molecule has 0 bridgehead atoms. The van der Waals surface area contributed by atoms with Gasteiger partial charge >= 0.3 is 5.97 Å². The van der Waals surface area contributed by atoms with Gasteiger partial charge in [-0.05, 0) is 48.4 Å². The highest BCUT2D eigenvalue weighted by Gasteiger charge is 2.21. The first-order valence-corrected chi connectivity index (χ1v) is 7.58. The summed E-state index contributed by atoms with van der Waals surface area (Å²) < 4.78 is 19.1. The lowest BCUT2D eigenvalue weighted by atomic mass is 10.1. The second-order valence-electron chi connectivity index (χ2n) is 5.41. The summed E-state index contributed by atoms with van der Waals surface area (Å²) in [6, 6.07) is 19.0. The molecule has 1 aromatic heterocycles. The minimum atomic E-state index is -0.620. The molecule has 0 amide bonds. The molecule has 0 spiro atoms. The molecule has 3 aromatic rings. The molecule has 0 fully saturated rings. The number of carbonyl (C=O) groups excluding carboxylic acids is 1. The van der Waals surface area contributed by atoms with Gasteiger partial charge in [0.2, 0.25) is 0 Å². The number of hydrogen-bond donors (Lipinski definition) is 0. The van der Waals surface area contributed by atoms with Gasteiger partial charge in [-0.3, -0.25) is 4.98 Å². The lowest BCUT2D eigenvalue weighted by molar-refractivity contribution is 0.0370. The molecule has 1 atom stereocenters. The summed E-state index contributed by atoms with van der Waals surface area (Å²) >= 11 is 0. The molecule has 0 aliphatic heterocycles. The lowest BCUT2D eigenvalue weighted by Crippen LogP contribution is -2.14. The zero-order valence-corrected chi connectivity index (χ0v) is 13.1. The third-order valence-corrected chi connectivity index (χ3v) is 3.68. The largest absolute Gasteiger partial charge is 0.447 e. The third-order valence-electron chi connectivity index (χ3n) is 3.68. The summed E-state index contributed by atoms with van der Waals surface area (Å²) in [6.07, 6.45) is 1.03. The van der Waals surface area contributed by atoms with Crippen LogP contribution in [0, 0.1) is 12.7 Å². The van der Waals surface area contributed by atoms with Crippen LogP contribution in [0.3, 0.4) is 0 Å². The number of pyridine rings is 1. The van der Waals surface area contributed by atoms with Crippen molar-refractivity contribution in [3.8, 4) is 0 Å². The van der Waals surface area contributed by atoms with Gasteiger partial charge in [-0.1, -0.05) is 36.4 Å². The minimum absolute atomic E-state index is 0.311. The van der Waals surface area contributed by atoms with Crippen LogP contribution >= 0.6 is 0 Å². The van der Waals surface area contributed by atoms with Gasteiger partial charge in [0, 0.05) is 6.20 Å². The molecule has 0 N–H and O–H groups in total. The average molecular weight is 321 g/mol. The number of aromatic nitrogens is 1. The van der Waals surface area contributed by atoms with E-state index in [1.807, 2.05) is 36.4 Å². The van der Waals surface area contributed by atoms with Crippen LogP contribution in [0.15, 0.2) is 72.9 Å². The number of hydrogen-bond acceptors (Lipinski definition) is 3. The molecule has 3 nitrogen and oxygen atoms in total. The van der Waals surface area contributed by atoms with Crippen molar-refractivity contribution in [3.05, 3.63) is 101 Å². The summed E-state index contributed by atoms with van der Waals surface area (Å²) in [5.41, 5.74) is 2.17. The van der Waals surface area contributed by atoms with Crippen LogP contribution in [0.4, 0.5) is 4.39 Å². The Morgan fingerprint density at radius 2 is 1.79 bits per heavy atom. The van der Waals surface area contributed by atoms with Crippen molar-refractivity contribution in [2.75, 3.05) is 0 Å². The molecule has 3 rings (SSSR count). The maximum atomic E-state index is 13.4. The van der Waals surface area contributed by atoms with E-state index in [1.54, 1.807) is 25.3 Å². The quantitative estimate of drug-likeness (QED) is 0.665. The number of ether oxygens (including phenoxy) is 1. The van der Waals surface area contributed by atoms with Crippen LogP contribution in [-0.4, -0.2) is 11.0 Å². The Bertz CT molecular complexity index is 795. The molecular weight excluding hydrogens is 305 g/mol. The molecule has 1 unspecified atom stereocenters. The number of carbonyl (C=O) groups is 1. The van der Waals surface area contributed by atoms with Gasteiger partial charge in [0.15, 0.2) is 6.10 Å². The molecule has 0 saturated carbocycles. The van der Waals surface area contributed by atoms with E-state index in [1.165, 1.54) is 18.2 Å². The van der Waals surface area contributed by atoms with Gasteiger partial charge in [-0.25, -0.2) is 9.18 Å². The summed E-state index contributed by atoms with van der Waals surface area (Å²) in [4.78, 5) is 16.8. The van der Waals surface area contributed by atoms with E-state index in [2.05, 4.69) is 4.98 Å². The lowest BCUT2D eigenvalue weighted by Gasteiger charge is -2.18. The summed E-state index contributed by atoms with van der Waals surface area (Å²) in [5.74, 6) is -0.867. The van der Waals surface area contributed by atoms with Crippen molar-refractivity contribution in [1.29, 1.82) is 0 Å². The van der Waals surface area contributed by atoms with Crippen molar-refractivity contribution in [2.24, 2.45) is 0 Å². The first-order valence-electron chi connectivity index (χ1n) is 7.58. The number of rotatable bonds is 4. The number of aryl methyl sites for hydroxylation is 1. The second kappa shape index (κ2) is 7.04. The number of nitrogens with zero attached hydrogens (tertiary/aromatic N) is 1. The van der Waals surface area contributed by atoms with Crippen molar-refractivity contribution < 1.29 is 13.9 Å². The zero-order chi connectivity index (χ0) is 16.9. The molecule has 0 saturated heterocycles. The fraction of sp³-hybridized carbons (Fsp3) is 0.100. The third kappa shape index (κ3) is 3.49. The van der Waals surface area contributed by atoms with Crippen LogP contribution in [0.2, 0.25) is 0 Å². The van der Waals surface area contributed by atoms with E-state index in [-0.39, 0.29) is 5.82 Å². The average Bonchev–Trinajstić information content (AvgIpc) is 2.63. The molecule has 120 valence electrons. The van der Waals surface area contributed by atoms with E-state index < -0.39 is 12.1 Å². The monoisotopic (exact) mass is 321 g/mol. The van der Waals surface area contributed by atoms with Gasteiger partial charge in [0.25, 0.3) is 0 Å². The molecular formula is C20H16FNO2. The SMILES string of the molecule is Cc1cc(C(=O)OC(c2ccccc2)c2ccccn2)ccc1F. The predicted molar refractivity (Wildman–Crippen MR) is 89.1 cm³/mol. The van der Waals surface area contributed by atoms with E-state index in [0.717, 1.165) is 5.56 Å². The number of halogens is 1. The maximum absolute atomic E-state index is 13.4. The Kier molecular flexibility index (Phi) is 4.66. The van der Waals surface area contributed by atoms with Crippen molar-refractivity contribution in [3.63, 3.8) is 0 Å². The first kappa shape index (κ1) is 15.9. The zero-order valence-electron chi connectivity index (χ0n) is 13.1. The van der Waals surface area contributed by atoms with Gasteiger partial charge in [0.1, 0.15) is 5.82 Å². The normalized spacial score (nSPS) is 11.8. The predicted octanol–water partition coefficient (Wildman–Crippen LogP) is 4.48. The molecule has 0 radical (unpaired) electrons. The molecule has 0 aliphatic rings. The molecule has 1 heterocycles. The fourth-order valence-corrected chi connectivity index (χ4v) is 2.40. The highest BCUT2D eigenvalue weighted by molar-refractivity contribution is 5.89. The van der Waals surface area contributed by atoms with Gasteiger partial charge in [0.05, 0.1) is 11.3 Å². The van der Waals surface area contributed by atoms with Gasteiger partial charge in [-0.15, -0.1) is 0 Å². The standard InChI is InChI=1S/C20H16FNO2/c1-14-13-16(10-11-17(14)21)20(23)24-19(15-7-3-2-4-8-15)18-9-5-6-12-22-18/h2-13,19H,1H3. The van der Waals surface area contributed by atoms with Crippen LogP contribution in [-0.2, 0) is 4.74 Å². The van der Waals surface area contributed by atoms with Crippen LogP contribution < -0.4 is 0 Å². The summed E-state index contributed by atoms with van der Waals surface area (Å²) in [6.45, 7) is 1.61. The summed E-state index contributed by atoms with van der Waals surface area (Å²) in [5, 5.41) is 0. The molecule has 4 heteroatoms. The van der Waals surface area contributed by atoms with E-state index >= 15 is 0 Å². The smallest absolute Gasteiger partial charge is 0.339 e. The number of benzene rings is 2. The van der Waals surface area contributed by atoms with Crippen molar-refractivity contribution in [2.45, 2.75) is 13.0 Å². The van der Waals surface area contributed by atoms with Crippen molar-refractivity contribution >= 4 is 5.97 Å². The highest BCUT2D eigenvalue weighted by Crippen LogP contribution is 2.25.